The Kier molecular flexibility index (Phi) is 6.99. The van der Waals surface area contributed by atoms with Crippen LogP contribution in [0.2, 0.25) is 0 Å². The van der Waals surface area contributed by atoms with Gasteiger partial charge in [-0.3, -0.25) is 14.1 Å². The molecule has 228 valence electrons. The van der Waals surface area contributed by atoms with E-state index < -0.39 is 49.3 Å². The molecule has 14 heteroatoms. The van der Waals surface area contributed by atoms with Crippen LogP contribution in [0.1, 0.15) is 47.2 Å². The molecule has 1 spiro atoms. The zero-order chi connectivity index (χ0) is 30.8. The highest BCUT2D eigenvalue weighted by Crippen LogP contribution is 2.59. The van der Waals surface area contributed by atoms with Gasteiger partial charge in [0.05, 0.1) is 40.0 Å². The second-order valence-corrected chi connectivity index (χ2v) is 15.5. The van der Waals surface area contributed by atoms with E-state index in [0.29, 0.717) is 24.1 Å². The summed E-state index contributed by atoms with van der Waals surface area (Å²) in [6.07, 6.45) is -0.139. The van der Waals surface area contributed by atoms with E-state index in [2.05, 4.69) is 15.0 Å². The van der Waals surface area contributed by atoms with Gasteiger partial charge in [0.15, 0.2) is 0 Å². The number of ether oxygens (including phenoxy) is 1. The summed E-state index contributed by atoms with van der Waals surface area (Å²) in [5.74, 6) is -1.51. The molecule has 1 saturated carbocycles. The quantitative estimate of drug-likeness (QED) is 0.406. The highest BCUT2D eigenvalue weighted by atomic mass is 32.2. The first kappa shape index (κ1) is 29.4. The van der Waals surface area contributed by atoms with Crippen LogP contribution in [0, 0.1) is 12.8 Å². The number of carbonyl (C=O) groups is 1. The third-order valence-electron chi connectivity index (χ3n) is 8.37. The average Bonchev–Trinajstić information content (AvgIpc) is 3.72. The fourth-order valence-electron chi connectivity index (χ4n) is 6.37. The summed E-state index contributed by atoms with van der Waals surface area (Å²) in [6, 6.07) is 9.95. The van der Waals surface area contributed by atoms with Gasteiger partial charge in [-0.1, -0.05) is 6.07 Å². The minimum absolute atomic E-state index is 0.0896. The highest BCUT2D eigenvalue weighted by molar-refractivity contribution is 7.93. The van der Waals surface area contributed by atoms with Crippen molar-refractivity contribution in [2.45, 2.75) is 55.3 Å². The summed E-state index contributed by atoms with van der Waals surface area (Å²) in [4.78, 5) is 17.0. The van der Waals surface area contributed by atoms with E-state index in [4.69, 9.17) is 0 Å². The number of hydrogen-bond donors (Lipinski definition) is 1. The van der Waals surface area contributed by atoms with E-state index >= 15 is 0 Å². The smallest absolute Gasteiger partial charge is 0.406 e. The van der Waals surface area contributed by atoms with Crippen molar-refractivity contribution in [3.63, 3.8) is 0 Å². The normalized spacial score (nSPS) is 20.9. The number of hydrogen-bond acceptors (Lipinski definition) is 7. The SMILES string of the molecule is Cc1cncc(NC(=O)c2ccc3c(c2)C2(CCS(=O)(=O)CC2)C(C2CC2)N3S(=O)(=O)c2cccc(OC(F)(F)F)c2)c1. The van der Waals surface area contributed by atoms with Crippen LogP contribution in [0.4, 0.5) is 24.5 Å². The Hall–Kier alpha value is -3.65. The largest absolute Gasteiger partial charge is 0.573 e. The van der Waals surface area contributed by atoms with E-state index in [9.17, 15) is 34.8 Å². The van der Waals surface area contributed by atoms with Gasteiger partial charge in [0.25, 0.3) is 15.9 Å². The minimum atomic E-state index is -5.01. The first-order chi connectivity index (χ1) is 20.2. The molecule has 1 saturated heterocycles. The van der Waals surface area contributed by atoms with Crippen LogP contribution >= 0.6 is 0 Å². The van der Waals surface area contributed by atoms with Crippen molar-refractivity contribution in [1.82, 2.24) is 4.98 Å². The molecule has 2 aromatic carbocycles. The van der Waals surface area contributed by atoms with Crippen LogP contribution in [0.3, 0.4) is 0 Å². The van der Waals surface area contributed by atoms with Crippen LogP contribution in [0.15, 0.2) is 65.8 Å². The molecule has 6 rings (SSSR count). The molecule has 0 bridgehead atoms. The van der Waals surface area contributed by atoms with Crippen molar-refractivity contribution in [2.24, 2.45) is 5.92 Å². The number of aryl methyl sites for hydroxylation is 1. The van der Waals surface area contributed by atoms with Gasteiger partial charge < -0.3 is 10.1 Å². The van der Waals surface area contributed by atoms with Crippen molar-refractivity contribution >= 4 is 37.1 Å². The van der Waals surface area contributed by atoms with Crippen LogP contribution in [0.25, 0.3) is 0 Å². The Labute approximate surface area is 247 Å². The molecule has 2 fully saturated rings. The summed E-state index contributed by atoms with van der Waals surface area (Å²) in [7, 11) is -7.80. The van der Waals surface area contributed by atoms with Crippen LogP contribution < -0.4 is 14.4 Å². The van der Waals surface area contributed by atoms with Crippen LogP contribution in [0.5, 0.6) is 5.75 Å². The molecule has 9 nitrogen and oxygen atoms in total. The Bertz CT molecular complexity index is 1810. The first-order valence-corrected chi connectivity index (χ1v) is 16.9. The molecule has 1 unspecified atom stereocenters. The minimum Gasteiger partial charge on any atom is -0.406 e. The summed E-state index contributed by atoms with van der Waals surface area (Å²) >= 11 is 0. The number of pyridine rings is 1. The summed E-state index contributed by atoms with van der Waals surface area (Å²) in [5, 5.41) is 2.80. The average molecular weight is 636 g/mol. The molecular formula is C29H28F3N3O6S2. The topological polar surface area (TPSA) is 123 Å². The number of nitrogens with one attached hydrogen (secondary N) is 1. The molecule has 3 heterocycles. The Morgan fingerprint density at radius 3 is 2.44 bits per heavy atom. The van der Waals surface area contributed by atoms with E-state index in [0.717, 1.165) is 17.7 Å². The first-order valence-electron chi connectivity index (χ1n) is 13.7. The number of aromatic nitrogens is 1. The van der Waals surface area contributed by atoms with Crippen LogP contribution in [-0.4, -0.2) is 51.6 Å². The zero-order valence-electron chi connectivity index (χ0n) is 23.0. The van der Waals surface area contributed by atoms with Crippen molar-refractivity contribution in [2.75, 3.05) is 21.1 Å². The van der Waals surface area contributed by atoms with Gasteiger partial charge >= 0.3 is 6.36 Å². The monoisotopic (exact) mass is 635 g/mol. The van der Waals surface area contributed by atoms with Crippen molar-refractivity contribution in [3.05, 3.63) is 77.6 Å². The molecule has 0 radical (unpaired) electrons. The standard InChI is InChI=1S/C29H28F3N3O6S2/c1-18-13-21(17-33-16-18)34-27(36)20-7-8-25-24(14-20)28(9-11-42(37,38)12-10-28)26(19-5-6-19)35(25)43(39,40)23-4-2-3-22(15-23)41-29(30,31)32/h2-4,7-8,13-17,19,26H,5-6,9-12H2,1H3,(H,34,36). The summed E-state index contributed by atoms with van der Waals surface area (Å²) < 4.78 is 97.7. The van der Waals surface area contributed by atoms with Gasteiger partial charge in [0.1, 0.15) is 15.6 Å². The number of anilines is 2. The fraction of sp³-hybridized carbons (Fsp3) is 0.379. The third-order valence-corrected chi connectivity index (χ3v) is 11.8. The Balaban J connectivity index is 1.46. The number of fused-ring (bicyclic) bond motifs is 2. The molecule has 3 aliphatic rings. The van der Waals surface area contributed by atoms with E-state index in [1.54, 1.807) is 18.3 Å². The third kappa shape index (κ3) is 5.57. The van der Waals surface area contributed by atoms with Crippen LogP contribution in [-0.2, 0) is 25.3 Å². The van der Waals surface area contributed by atoms with E-state index in [1.807, 2.05) is 6.92 Å². The predicted octanol–water partition coefficient (Wildman–Crippen LogP) is 4.97. The lowest BCUT2D eigenvalue weighted by molar-refractivity contribution is -0.274. The Morgan fingerprint density at radius 2 is 1.79 bits per heavy atom. The molecular weight excluding hydrogens is 607 g/mol. The molecule has 1 amide bonds. The number of halogens is 3. The zero-order valence-corrected chi connectivity index (χ0v) is 24.6. The van der Waals surface area contributed by atoms with Gasteiger partial charge in [-0.25, -0.2) is 16.8 Å². The van der Waals surface area contributed by atoms with E-state index in [-0.39, 0.29) is 46.4 Å². The lowest BCUT2D eigenvalue weighted by Gasteiger charge is -2.41. The van der Waals surface area contributed by atoms with Gasteiger partial charge in [0.2, 0.25) is 0 Å². The molecule has 1 N–H and O–H groups in total. The maximum atomic E-state index is 14.3. The molecule has 1 aromatic heterocycles. The number of nitrogens with zero attached hydrogens (tertiary/aromatic N) is 2. The highest BCUT2D eigenvalue weighted by Gasteiger charge is 2.60. The molecule has 1 aliphatic carbocycles. The maximum absolute atomic E-state index is 14.3. The number of rotatable bonds is 6. The molecule has 3 aromatic rings. The number of benzene rings is 2. The molecule has 2 aliphatic heterocycles. The lowest BCUT2D eigenvalue weighted by atomic mass is 9.70. The summed E-state index contributed by atoms with van der Waals surface area (Å²) in [5.41, 5.74) is 1.49. The van der Waals surface area contributed by atoms with Gasteiger partial charge in [-0.2, -0.15) is 0 Å². The predicted molar refractivity (Wildman–Crippen MR) is 152 cm³/mol. The molecule has 1 atom stereocenters. The Morgan fingerprint density at radius 1 is 1.07 bits per heavy atom. The number of sulfone groups is 1. The van der Waals surface area contributed by atoms with Crippen molar-refractivity contribution in [1.29, 1.82) is 0 Å². The van der Waals surface area contributed by atoms with E-state index in [1.165, 1.54) is 34.8 Å². The maximum Gasteiger partial charge on any atom is 0.573 e. The number of carbonyl (C=O) groups excluding carboxylic acids is 1. The van der Waals surface area contributed by atoms with Gasteiger partial charge in [-0.05, 0) is 86.1 Å². The van der Waals surface area contributed by atoms with Gasteiger partial charge in [-0.15, -0.1) is 13.2 Å². The lowest BCUT2D eigenvalue weighted by Crippen LogP contribution is -2.52. The summed E-state index contributed by atoms with van der Waals surface area (Å²) in [6.45, 7) is 1.83. The molecule has 43 heavy (non-hydrogen) atoms. The number of sulfonamides is 1. The fourth-order valence-corrected chi connectivity index (χ4v) is 9.76. The van der Waals surface area contributed by atoms with Crippen molar-refractivity contribution in [3.8, 4) is 5.75 Å². The second-order valence-electron chi connectivity index (χ2n) is 11.4. The number of amides is 1. The van der Waals surface area contributed by atoms with Gasteiger partial charge in [0, 0.05) is 23.2 Å². The number of alkyl halides is 3. The van der Waals surface area contributed by atoms with Crippen molar-refractivity contribution < 1.29 is 39.5 Å². The second kappa shape index (κ2) is 10.2.